The monoisotopic (exact) mass is 351 g/mol. The van der Waals surface area contributed by atoms with E-state index in [2.05, 4.69) is 20.9 Å². The van der Waals surface area contributed by atoms with Gasteiger partial charge in [-0.15, -0.1) is 0 Å². The summed E-state index contributed by atoms with van der Waals surface area (Å²) in [5, 5.41) is 10.6. The molecule has 1 heterocycles. The SMILES string of the molecule is CN(CC(=O)c1cc([N+](=O)[O-])c[nH]1)Cc1cccc(Br)c1. The van der Waals surface area contributed by atoms with Gasteiger partial charge in [-0.2, -0.15) is 0 Å². The zero-order valence-corrected chi connectivity index (χ0v) is 13.0. The van der Waals surface area contributed by atoms with E-state index >= 15 is 0 Å². The number of halogens is 1. The number of likely N-dealkylation sites (N-methyl/N-ethyl adjacent to an activating group) is 1. The van der Waals surface area contributed by atoms with Crippen LogP contribution in [0.4, 0.5) is 5.69 Å². The van der Waals surface area contributed by atoms with E-state index in [-0.39, 0.29) is 23.7 Å². The van der Waals surface area contributed by atoms with Gasteiger partial charge in [0.2, 0.25) is 0 Å². The minimum atomic E-state index is -0.529. The number of nitrogens with zero attached hydrogens (tertiary/aromatic N) is 2. The van der Waals surface area contributed by atoms with Gasteiger partial charge in [0.05, 0.1) is 23.4 Å². The summed E-state index contributed by atoms with van der Waals surface area (Å²) in [5.41, 5.74) is 1.23. The third-order valence-electron chi connectivity index (χ3n) is 2.93. The summed E-state index contributed by atoms with van der Waals surface area (Å²) in [4.78, 5) is 26.6. The van der Waals surface area contributed by atoms with Crippen LogP contribution in [0.5, 0.6) is 0 Å². The molecule has 0 fully saturated rings. The number of hydrogen-bond acceptors (Lipinski definition) is 4. The number of benzene rings is 1. The first-order valence-corrected chi connectivity index (χ1v) is 7.04. The molecule has 1 N–H and O–H groups in total. The molecule has 0 aliphatic rings. The Labute approximate surface area is 130 Å². The summed E-state index contributed by atoms with van der Waals surface area (Å²) in [6, 6.07) is 9.09. The molecular formula is C14H14BrN3O3. The summed E-state index contributed by atoms with van der Waals surface area (Å²) >= 11 is 3.40. The van der Waals surface area contributed by atoms with E-state index < -0.39 is 4.92 Å². The van der Waals surface area contributed by atoms with Crippen LogP contribution in [-0.2, 0) is 6.54 Å². The van der Waals surface area contributed by atoms with Gasteiger partial charge < -0.3 is 4.98 Å². The van der Waals surface area contributed by atoms with Crippen molar-refractivity contribution in [1.82, 2.24) is 9.88 Å². The number of hydrogen-bond donors (Lipinski definition) is 1. The van der Waals surface area contributed by atoms with E-state index in [1.165, 1.54) is 12.3 Å². The highest BCUT2D eigenvalue weighted by Gasteiger charge is 2.16. The van der Waals surface area contributed by atoms with Crippen LogP contribution in [0.2, 0.25) is 0 Å². The zero-order chi connectivity index (χ0) is 15.4. The second-order valence-electron chi connectivity index (χ2n) is 4.75. The van der Waals surface area contributed by atoms with E-state index in [9.17, 15) is 14.9 Å². The number of ketones is 1. The smallest absolute Gasteiger partial charge is 0.287 e. The molecule has 0 spiro atoms. The molecule has 0 bridgehead atoms. The minimum absolute atomic E-state index is 0.104. The lowest BCUT2D eigenvalue weighted by Crippen LogP contribution is -2.25. The van der Waals surface area contributed by atoms with Crippen molar-refractivity contribution in [2.45, 2.75) is 6.54 Å². The van der Waals surface area contributed by atoms with E-state index in [1.807, 2.05) is 36.2 Å². The highest BCUT2D eigenvalue weighted by atomic mass is 79.9. The molecule has 1 aromatic carbocycles. The van der Waals surface area contributed by atoms with Crippen LogP contribution in [0.25, 0.3) is 0 Å². The fourth-order valence-electron chi connectivity index (χ4n) is 1.98. The largest absolute Gasteiger partial charge is 0.353 e. The van der Waals surface area contributed by atoms with Crippen molar-refractivity contribution < 1.29 is 9.72 Å². The summed E-state index contributed by atoms with van der Waals surface area (Å²) < 4.78 is 0.986. The van der Waals surface area contributed by atoms with Gasteiger partial charge in [0.1, 0.15) is 0 Å². The molecule has 0 saturated heterocycles. The molecule has 0 unspecified atom stereocenters. The second kappa shape index (κ2) is 6.64. The Hall–Kier alpha value is -1.99. The summed E-state index contributed by atoms with van der Waals surface area (Å²) in [7, 11) is 1.83. The normalized spacial score (nSPS) is 10.8. The Morgan fingerprint density at radius 2 is 2.19 bits per heavy atom. The van der Waals surface area contributed by atoms with Gasteiger partial charge in [0.15, 0.2) is 5.78 Å². The number of Topliss-reactive ketones (excluding diaryl/α,β-unsaturated/α-hetero) is 1. The molecule has 2 aromatic rings. The summed E-state index contributed by atoms with van der Waals surface area (Å²) in [6.45, 7) is 0.804. The van der Waals surface area contributed by atoms with Crippen molar-refractivity contribution in [3.05, 3.63) is 62.4 Å². The fourth-order valence-corrected chi connectivity index (χ4v) is 2.43. The van der Waals surface area contributed by atoms with Gasteiger partial charge in [-0.3, -0.25) is 19.8 Å². The molecule has 0 aliphatic carbocycles. The van der Waals surface area contributed by atoms with E-state index in [0.717, 1.165) is 10.0 Å². The molecular weight excluding hydrogens is 338 g/mol. The molecule has 2 rings (SSSR count). The third kappa shape index (κ3) is 4.24. The maximum atomic E-state index is 12.0. The molecule has 0 radical (unpaired) electrons. The van der Waals surface area contributed by atoms with Gasteiger partial charge in [0, 0.05) is 17.1 Å². The van der Waals surface area contributed by atoms with Crippen LogP contribution in [0.15, 0.2) is 41.0 Å². The number of aromatic nitrogens is 1. The standard InChI is InChI=1S/C14H14BrN3O3/c1-17(8-10-3-2-4-11(15)5-10)9-14(19)13-6-12(7-16-13)18(20)21/h2-7,16H,8-9H2,1H3. The van der Waals surface area contributed by atoms with Crippen molar-refractivity contribution in [3.8, 4) is 0 Å². The first-order chi connectivity index (χ1) is 9.95. The number of carbonyl (C=O) groups excluding carboxylic acids is 1. The predicted octanol–water partition coefficient (Wildman–Crippen LogP) is 3.00. The number of aromatic amines is 1. The maximum Gasteiger partial charge on any atom is 0.287 e. The molecule has 1 aromatic heterocycles. The lowest BCUT2D eigenvalue weighted by molar-refractivity contribution is -0.384. The number of carbonyl (C=O) groups is 1. The van der Waals surface area contributed by atoms with Crippen LogP contribution in [0.1, 0.15) is 16.1 Å². The molecule has 0 saturated carbocycles. The van der Waals surface area contributed by atoms with Crippen molar-refractivity contribution in [2.24, 2.45) is 0 Å². The number of H-pyrrole nitrogens is 1. The first kappa shape index (κ1) is 15.4. The highest BCUT2D eigenvalue weighted by molar-refractivity contribution is 9.10. The zero-order valence-electron chi connectivity index (χ0n) is 11.4. The number of rotatable bonds is 6. The van der Waals surface area contributed by atoms with Crippen LogP contribution >= 0.6 is 15.9 Å². The van der Waals surface area contributed by atoms with Crippen LogP contribution in [0.3, 0.4) is 0 Å². The van der Waals surface area contributed by atoms with Crippen molar-refractivity contribution >= 4 is 27.4 Å². The summed E-state index contributed by atoms with van der Waals surface area (Å²) in [6.07, 6.45) is 1.22. The maximum absolute atomic E-state index is 12.0. The molecule has 0 amide bonds. The Morgan fingerprint density at radius 1 is 1.43 bits per heavy atom. The van der Waals surface area contributed by atoms with Gasteiger partial charge in [-0.1, -0.05) is 28.1 Å². The fraction of sp³-hybridized carbons (Fsp3) is 0.214. The van der Waals surface area contributed by atoms with Crippen molar-refractivity contribution in [2.75, 3.05) is 13.6 Å². The lowest BCUT2D eigenvalue weighted by atomic mass is 10.2. The molecule has 6 nitrogen and oxygen atoms in total. The summed E-state index contributed by atoms with van der Waals surface area (Å²) in [5.74, 6) is -0.180. The highest BCUT2D eigenvalue weighted by Crippen LogP contribution is 2.15. The lowest BCUT2D eigenvalue weighted by Gasteiger charge is -2.15. The predicted molar refractivity (Wildman–Crippen MR) is 82.3 cm³/mol. The Bertz CT molecular complexity index is 669. The van der Waals surface area contributed by atoms with Gasteiger partial charge in [0.25, 0.3) is 5.69 Å². The molecule has 110 valence electrons. The first-order valence-electron chi connectivity index (χ1n) is 6.24. The van der Waals surface area contributed by atoms with Crippen LogP contribution < -0.4 is 0 Å². The van der Waals surface area contributed by atoms with Crippen LogP contribution in [0, 0.1) is 10.1 Å². The van der Waals surface area contributed by atoms with Crippen LogP contribution in [-0.4, -0.2) is 34.2 Å². The van der Waals surface area contributed by atoms with Gasteiger partial charge in [-0.05, 0) is 24.7 Å². The Balaban J connectivity index is 1.96. The minimum Gasteiger partial charge on any atom is -0.353 e. The molecule has 7 heteroatoms. The number of nitro groups is 1. The average molecular weight is 352 g/mol. The molecule has 21 heavy (non-hydrogen) atoms. The van der Waals surface area contributed by atoms with E-state index in [4.69, 9.17) is 0 Å². The molecule has 0 aliphatic heterocycles. The van der Waals surface area contributed by atoms with E-state index in [0.29, 0.717) is 6.54 Å². The Kier molecular flexibility index (Phi) is 4.87. The van der Waals surface area contributed by atoms with Crippen molar-refractivity contribution in [1.29, 1.82) is 0 Å². The van der Waals surface area contributed by atoms with Crippen molar-refractivity contribution in [3.63, 3.8) is 0 Å². The average Bonchev–Trinajstić information content (AvgIpc) is 2.88. The van der Waals surface area contributed by atoms with Gasteiger partial charge in [-0.25, -0.2) is 0 Å². The Morgan fingerprint density at radius 3 is 2.81 bits per heavy atom. The topological polar surface area (TPSA) is 79.2 Å². The van der Waals surface area contributed by atoms with Gasteiger partial charge >= 0.3 is 0 Å². The number of nitrogens with one attached hydrogen (secondary N) is 1. The van der Waals surface area contributed by atoms with E-state index in [1.54, 1.807) is 0 Å². The molecule has 0 atom stereocenters. The second-order valence-corrected chi connectivity index (χ2v) is 5.67. The third-order valence-corrected chi connectivity index (χ3v) is 3.43. The quantitative estimate of drug-likeness (QED) is 0.492.